The second-order valence-corrected chi connectivity index (χ2v) is 9.78. The van der Waals surface area contributed by atoms with Crippen LogP contribution in [0.5, 0.6) is 5.88 Å². The molecule has 4 heterocycles. The summed E-state index contributed by atoms with van der Waals surface area (Å²) in [4.78, 5) is 30.9. The number of hydrogen-bond acceptors (Lipinski definition) is 7. The molecule has 0 radical (unpaired) electrons. The van der Waals surface area contributed by atoms with Gasteiger partial charge in [-0.2, -0.15) is 0 Å². The van der Waals surface area contributed by atoms with Gasteiger partial charge in [0.1, 0.15) is 11.7 Å². The predicted octanol–water partition coefficient (Wildman–Crippen LogP) is 1.94. The number of hydrogen-bond donors (Lipinski definition) is 2. The summed E-state index contributed by atoms with van der Waals surface area (Å²) < 4.78 is 7.67. The Labute approximate surface area is 196 Å². The quantitative estimate of drug-likeness (QED) is 0.574. The van der Waals surface area contributed by atoms with E-state index in [4.69, 9.17) is 10.5 Å². The highest BCUT2D eigenvalue weighted by Crippen LogP contribution is 2.56. The number of ether oxygens (including phenoxy) is 1. The molecule has 3 aromatic rings. The number of pyridine rings is 2. The molecular formula is C24H27N7O3. The van der Waals surface area contributed by atoms with Gasteiger partial charge in [0.15, 0.2) is 5.65 Å². The van der Waals surface area contributed by atoms with Crippen LogP contribution in [0.15, 0.2) is 36.7 Å². The Hall–Kier alpha value is -3.69. The number of primary amides is 1. The first-order valence-corrected chi connectivity index (χ1v) is 11.8. The molecule has 2 aliphatic carbocycles. The molecule has 0 atom stereocenters. The number of amides is 2. The number of rotatable bonds is 6. The standard InChI is InChI=1S/C24H27N7O3/c25-20(32)18-4-3-6-26-23(18)34-17-13-24(14-17)11-15(12-24)27-22(33)21-29-28-19-10-16(5-9-31(19)21)30-7-1-2-8-30/h3-6,9-10,15,17H,1-2,7-8,11-14H2,(H2,25,32)(H,27,33). The van der Waals surface area contributed by atoms with Gasteiger partial charge in [-0.3, -0.25) is 14.0 Å². The van der Waals surface area contributed by atoms with Crippen LogP contribution >= 0.6 is 0 Å². The minimum atomic E-state index is -0.545. The summed E-state index contributed by atoms with van der Waals surface area (Å²) in [5, 5.41) is 11.5. The number of nitrogens with one attached hydrogen (secondary N) is 1. The molecule has 2 amide bonds. The highest BCUT2D eigenvalue weighted by atomic mass is 16.5. The molecule has 34 heavy (non-hydrogen) atoms. The van der Waals surface area contributed by atoms with Gasteiger partial charge in [-0.25, -0.2) is 4.98 Å². The third kappa shape index (κ3) is 3.63. The Morgan fingerprint density at radius 2 is 1.91 bits per heavy atom. The fourth-order valence-corrected chi connectivity index (χ4v) is 5.70. The number of carbonyl (C=O) groups excluding carboxylic acids is 2. The number of nitrogens with two attached hydrogens (primary N) is 1. The number of anilines is 1. The highest BCUT2D eigenvalue weighted by molar-refractivity contribution is 5.95. The lowest BCUT2D eigenvalue weighted by molar-refractivity contribution is -0.0848. The van der Waals surface area contributed by atoms with Crippen molar-refractivity contribution in [3.63, 3.8) is 0 Å². The molecular weight excluding hydrogens is 434 g/mol. The van der Waals surface area contributed by atoms with Crippen molar-refractivity contribution in [1.82, 2.24) is 24.9 Å². The maximum atomic E-state index is 12.9. The molecule has 1 spiro atoms. The second-order valence-electron chi connectivity index (χ2n) is 9.78. The average molecular weight is 462 g/mol. The summed E-state index contributed by atoms with van der Waals surface area (Å²) in [5.74, 6) is -0.136. The minimum Gasteiger partial charge on any atom is -0.474 e. The summed E-state index contributed by atoms with van der Waals surface area (Å²) in [6, 6.07) is 7.42. The van der Waals surface area contributed by atoms with Crippen LogP contribution in [0.2, 0.25) is 0 Å². The first-order chi connectivity index (χ1) is 16.5. The van der Waals surface area contributed by atoms with Gasteiger partial charge in [0, 0.05) is 43.3 Å². The molecule has 3 aliphatic rings. The van der Waals surface area contributed by atoms with Crippen LogP contribution in [-0.4, -0.2) is 56.6 Å². The van der Waals surface area contributed by atoms with Gasteiger partial charge in [0.05, 0.1) is 0 Å². The van der Waals surface area contributed by atoms with E-state index >= 15 is 0 Å². The predicted molar refractivity (Wildman–Crippen MR) is 124 cm³/mol. The van der Waals surface area contributed by atoms with Gasteiger partial charge in [0.25, 0.3) is 11.8 Å². The van der Waals surface area contributed by atoms with Crippen molar-refractivity contribution in [2.24, 2.45) is 11.1 Å². The van der Waals surface area contributed by atoms with Crippen molar-refractivity contribution < 1.29 is 14.3 Å². The van der Waals surface area contributed by atoms with Crippen LogP contribution in [0.1, 0.15) is 59.5 Å². The molecule has 0 bridgehead atoms. The van der Waals surface area contributed by atoms with Gasteiger partial charge >= 0.3 is 0 Å². The van der Waals surface area contributed by atoms with Gasteiger partial charge in [0.2, 0.25) is 11.7 Å². The van der Waals surface area contributed by atoms with Crippen molar-refractivity contribution in [1.29, 1.82) is 0 Å². The molecule has 10 nitrogen and oxygen atoms in total. The van der Waals surface area contributed by atoms with Crippen LogP contribution in [0.25, 0.3) is 5.65 Å². The maximum Gasteiger partial charge on any atom is 0.289 e. The van der Waals surface area contributed by atoms with E-state index in [0.29, 0.717) is 22.9 Å². The monoisotopic (exact) mass is 461 g/mol. The fraction of sp³-hybridized carbons (Fsp3) is 0.458. The summed E-state index contributed by atoms with van der Waals surface area (Å²) in [5.41, 5.74) is 7.70. The zero-order valence-corrected chi connectivity index (χ0v) is 18.8. The highest BCUT2D eigenvalue weighted by Gasteiger charge is 2.54. The number of aromatic nitrogens is 4. The maximum absolute atomic E-state index is 12.9. The Morgan fingerprint density at radius 1 is 1.12 bits per heavy atom. The summed E-state index contributed by atoms with van der Waals surface area (Å²) >= 11 is 0. The molecule has 1 aliphatic heterocycles. The van der Waals surface area contributed by atoms with E-state index in [0.717, 1.165) is 44.5 Å². The molecule has 2 saturated carbocycles. The first-order valence-electron chi connectivity index (χ1n) is 11.8. The van der Waals surface area contributed by atoms with Crippen molar-refractivity contribution in [2.45, 2.75) is 50.7 Å². The smallest absolute Gasteiger partial charge is 0.289 e. The van der Waals surface area contributed by atoms with Gasteiger partial charge in [-0.05, 0) is 62.1 Å². The largest absolute Gasteiger partial charge is 0.474 e. The summed E-state index contributed by atoms with van der Waals surface area (Å²) in [6.07, 6.45) is 9.45. The molecule has 6 rings (SSSR count). The zero-order chi connectivity index (χ0) is 23.3. The van der Waals surface area contributed by atoms with E-state index in [2.05, 4.69) is 25.4 Å². The van der Waals surface area contributed by atoms with E-state index in [1.807, 2.05) is 18.3 Å². The van der Waals surface area contributed by atoms with Crippen LogP contribution in [-0.2, 0) is 0 Å². The van der Waals surface area contributed by atoms with Crippen molar-refractivity contribution in [2.75, 3.05) is 18.0 Å². The first kappa shape index (κ1) is 20.9. The topological polar surface area (TPSA) is 128 Å². The lowest BCUT2D eigenvalue weighted by Crippen LogP contribution is -2.59. The van der Waals surface area contributed by atoms with E-state index in [-0.39, 0.29) is 23.5 Å². The Kier molecular flexibility index (Phi) is 4.89. The Balaban J connectivity index is 1.03. The second kappa shape index (κ2) is 7.96. The normalized spacial score (nSPS) is 25.7. The van der Waals surface area contributed by atoms with Crippen LogP contribution in [0.4, 0.5) is 5.69 Å². The lowest BCUT2D eigenvalue weighted by Gasteiger charge is -2.57. The van der Waals surface area contributed by atoms with Crippen molar-refractivity contribution in [3.8, 4) is 5.88 Å². The van der Waals surface area contributed by atoms with Gasteiger partial charge in [-0.1, -0.05) is 0 Å². The van der Waals surface area contributed by atoms with E-state index in [1.54, 1.807) is 22.7 Å². The number of carbonyl (C=O) groups is 2. The van der Waals surface area contributed by atoms with Gasteiger partial charge < -0.3 is 20.7 Å². The Bertz CT molecular complexity index is 1250. The average Bonchev–Trinajstić information content (AvgIpc) is 3.46. The molecule has 0 unspecified atom stereocenters. The molecule has 0 aromatic carbocycles. The summed E-state index contributed by atoms with van der Waals surface area (Å²) in [6.45, 7) is 2.11. The molecule has 3 N–H and O–H groups in total. The van der Waals surface area contributed by atoms with Crippen LogP contribution < -0.4 is 20.7 Å². The lowest BCUT2D eigenvalue weighted by atomic mass is 9.53. The van der Waals surface area contributed by atoms with Gasteiger partial charge in [-0.15, -0.1) is 10.2 Å². The van der Waals surface area contributed by atoms with Crippen molar-refractivity contribution in [3.05, 3.63) is 48.0 Å². The third-order valence-electron chi connectivity index (χ3n) is 7.40. The van der Waals surface area contributed by atoms with Crippen LogP contribution in [0.3, 0.4) is 0 Å². The molecule has 1 saturated heterocycles. The Morgan fingerprint density at radius 3 is 2.68 bits per heavy atom. The number of nitrogens with zero attached hydrogens (tertiary/aromatic N) is 5. The van der Waals surface area contributed by atoms with E-state index < -0.39 is 5.91 Å². The molecule has 3 fully saturated rings. The SMILES string of the molecule is NC(=O)c1cccnc1OC1CC2(CC(NC(=O)c3nnc4cc(N5CCCC5)ccn34)C2)C1. The number of fused-ring (bicyclic) bond motifs is 1. The molecule has 10 heteroatoms. The van der Waals surface area contributed by atoms with E-state index in [9.17, 15) is 9.59 Å². The minimum absolute atomic E-state index is 0.00916. The molecule has 3 aromatic heterocycles. The summed E-state index contributed by atoms with van der Waals surface area (Å²) in [7, 11) is 0. The van der Waals surface area contributed by atoms with Crippen LogP contribution in [0, 0.1) is 5.41 Å². The third-order valence-corrected chi connectivity index (χ3v) is 7.40. The molecule has 176 valence electrons. The fourth-order valence-electron chi connectivity index (χ4n) is 5.70. The zero-order valence-electron chi connectivity index (χ0n) is 18.8. The van der Waals surface area contributed by atoms with E-state index in [1.165, 1.54) is 12.8 Å². The van der Waals surface area contributed by atoms with Crippen molar-refractivity contribution >= 4 is 23.1 Å².